The standard InChI is InChI=1S/C28H31F3N5/c1-3-20-8-11-25-26(16-20)34-27(33-25)21-9-10-23(32-18-21)19-35-12-5-14-36(2,15-13-35)24-7-4-6-22(17-24)28(29,30)31/h4,6-11,16-18H,3,5,12-15,19H2,1-2H3,(H,33,34)/q+1. The number of aryl methyl sites for hydroxylation is 1. The number of fused-ring (bicyclic) bond motifs is 1. The summed E-state index contributed by atoms with van der Waals surface area (Å²) in [7, 11) is 2.03. The largest absolute Gasteiger partial charge is 0.416 e. The first-order chi connectivity index (χ1) is 17.2. The van der Waals surface area contributed by atoms with Crippen molar-refractivity contribution in [1.29, 1.82) is 0 Å². The molecule has 3 heterocycles. The predicted molar refractivity (Wildman–Crippen MR) is 137 cm³/mol. The Morgan fingerprint density at radius 1 is 1.03 bits per heavy atom. The van der Waals surface area contributed by atoms with Crippen LogP contribution in [0.1, 0.15) is 30.2 Å². The Morgan fingerprint density at radius 2 is 1.89 bits per heavy atom. The van der Waals surface area contributed by atoms with Gasteiger partial charge in [-0.05, 0) is 48.4 Å². The third-order valence-corrected chi connectivity index (χ3v) is 7.27. The number of hydrogen-bond acceptors (Lipinski definition) is 3. The molecule has 188 valence electrons. The number of aromatic amines is 1. The van der Waals surface area contributed by atoms with Gasteiger partial charge in [0, 0.05) is 43.9 Å². The van der Waals surface area contributed by atoms with Crippen LogP contribution < -0.4 is 4.48 Å². The fraction of sp³-hybridized carbons (Fsp3) is 0.357. The summed E-state index contributed by atoms with van der Waals surface area (Å²) in [4.78, 5) is 15.1. The van der Waals surface area contributed by atoms with Crippen LogP contribution in [0.3, 0.4) is 0 Å². The molecule has 1 unspecified atom stereocenters. The number of H-pyrrole nitrogens is 1. The molecule has 1 fully saturated rings. The monoisotopic (exact) mass is 494 g/mol. The van der Waals surface area contributed by atoms with Crippen molar-refractivity contribution in [1.82, 2.24) is 24.3 Å². The number of aromatic nitrogens is 3. The molecule has 1 atom stereocenters. The van der Waals surface area contributed by atoms with E-state index in [1.807, 2.05) is 37.5 Å². The first-order valence-corrected chi connectivity index (χ1v) is 12.4. The van der Waals surface area contributed by atoms with E-state index in [0.29, 0.717) is 16.7 Å². The van der Waals surface area contributed by atoms with E-state index in [1.54, 1.807) is 0 Å². The number of likely N-dealkylation sites (N-methyl/N-ethyl adjacent to an activating group) is 1. The van der Waals surface area contributed by atoms with Crippen LogP contribution in [-0.4, -0.2) is 53.1 Å². The molecule has 0 amide bonds. The highest BCUT2D eigenvalue weighted by Gasteiger charge is 2.34. The number of pyridine rings is 1. The first kappa shape index (κ1) is 24.5. The summed E-state index contributed by atoms with van der Waals surface area (Å²) in [5.74, 6) is 0.807. The minimum atomic E-state index is -4.33. The number of benzene rings is 2. The van der Waals surface area contributed by atoms with Gasteiger partial charge in [0.15, 0.2) is 0 Å². The Kier molecular flexibility index (Phi) is 6.57. The Hall–Kier alpha value is -3.23. The third-order valence-electron chi connectivity index (χ3n) is 7.27. The van der Waals surface area contributed by atoms with E-state index in [-0.39, 0.29) is 0 Å². The van der Waals surface area contributed by atoms with Crippen LogP contribution in [-0.2, 0) is 19.1 Å². The zero-order valence-electron chi connectivity index (χ0n) is 20.6. The zero-order valence-corrected chi connectivity index (χ0v) is 20.6. The molecule has 4 aromatic rings. The van der Waals surface area contributed by atoms with E-state index in [1.165, 1.54) is 17.7 Å². The Labute approximate surface area is 209 Å². The second-order valence-electron chi connectivity index (χ2n) is 9.85. The lowest BCUT2D eigenvalue weighted by molar-refractivity contribution is -0.137. The number of halogens is 3. The quantitative estimate of drug-likeness (QED) is 0.344. The molecule has 5 nitrogen and oxygen atoms in total. The number of nitrogens with zero attached hydrogens (tertiary/aromatic N) is 4. The average Bonchev–Trinajstić information content (AvgIpc) is 3.21. The summed E-state index contributed by atoms with van der Waals surface area (Å²) in [6, 6.07) is 16.1. The highest BCUT2D eigenvalue weighted by atomic mass is 19.4. The van der Waals surface area contributed by atoms with Gasteiger partial charge in [-0.2, -0.15) is 13.2 Å². The van der Waals surface area contributed by atoms with Crippen molar-refractivity contribution >= 4 is 16.7 Å². The Bertz CT molecular complexity index is 1350. The normalized spacial score (nSPS) is 19.5. The van der Waals surface area contributed by atoms with Gasteiger partial charge in [0.1, 0.15) is 11.5 Å². The molecule has 0 radical (unpaired) electrons. The van der Waals surface area contributed by atoms with E-state index >= 15 is 0 Å². The highest BCUT2D eigenvalue weighted by Crippen LogP contribution is 2.33. The molecule has 1 N–H and O–H groups in total. The van der Waals surface area contributed by atoms with Crippen LogP contribution in [0, 0.1) is 0 Å². The number of nitrogens with one attached hydrogen (secondary N) is 1. The molecular weight excluding hydrogens is 463 g/mol. The van der Waals surface area contributed by atoms with Crippen LogP contribution in [0.15, 0.2) is 60.8 Å². The van der Waals surface area contributed by atoms with Crippen LogP contribution in [0.2, 0.25) is 0 Å². The molecule has 1 aliphatic rings. The molecule has 5 rings (SSSR count). The lowest BCUT2D eigenvalue weighted by Crippen LogP contribution is -2.47. The molecule has 0 spiro atoms. The summed E-state index contributed by atoms with van der Waals surface area (Å²) in [6.07, 6.45) is -0.585. The second-order valence-corrected chi connectivity index (χ2v) is 9.85. The van der Waals surface area contributed by atoms with Crippen LogP contribution in [0.4, 0.5) is 18.9 Å². The average molecular weight is 495 g/mol. The summed E-state index contributed by atoms with van der Waals surface area (Å²) in [5.41, 5.74) is 5.28. The van der Waals surface area contributed by atoms with Crippen LogP contribution in [0.5, 0.6) is 0 Å². The molecular formula is C28H31F3N5+. The Morgan fingerprint density at radius 3 is 2.64 bits per heavy atom. The molecule has 2 aromatic carbocycles. The number of rotatable bonds is 5. The molecule has 0 aliphatic carbocycles. The fourth-order valence-electron chi connectivity index (χ4n) is 4.96. The zero-order chi connectivity index (χ0) is 25.3. The molecule has 2 aromatic heterocycles. The number of hydrogen-bond donors (Lipinski definition) is 1. The van der Waals surface area contributed by atoms with Crippen molar-refractivity contribution in [2.75, 3.05) is 33.2 Å². The molecule has 8 heteroatoms. The van der Waals surface area contributed by atoms with Crippen molar-refractivity contribution in [3.05, 3.63) is 77.6 Å². The van der Waals surface area contributed by atoms with Crippen molar-refractivity contribution in [2.24, 2.45) is 0 Å². The van der Waals surface area contributed by atoms with Crippen molar-refractivity contribution in [2.45, 2.75) is 32.5 Å². The minimum absolute atomic E-state index is 0.499. The van der Waals surface area contributed by atoms with Gasteiger partial charge in [-0.1, -0.05) is 19.1 Å². The van der Waals surface area contributed by atoms with E-state index in [0.717, 1.165) is 73.2 Å². The lowest BCUT2D eigenvalue weighted by Gasteiger charge is -2.33. The highest BCUT2D eigenvalue weighted by molar-refractivity contribution is 5.79. The minimum Gasteiger partial charge on any atom is -0.338 e. The smallest absolute Gasteiger partial charge is 0.338 e. The maximum Gasteiger partial charge on any atom is 0.416 e. The SMILES string of the molecule is CCc1ccc2nc(-c3ccc(CN4CCC[N+](C)(c5cccc(C(F)(F)F)c5)CC4)nc3)[nH]c2c1. The lowest BCUT2D eigenvalue weighted by atomic mass is 10.1. The summed E-state index contributed by atoms with van der Waals surface area (Å²) in [6.45, 7) is 6.08. The van der Waals surface area contributed by atoms with E-state index < -0.39 is 11.7 Å². The van der Waals surface area contributed by atoms with Crippen LogP contribution >= 0.6 is 0 Å². The second kappa shape index (κ2) is 9.67. The fourth-order valence-corrected chi connectivity index (χ4v) is 4.96. The van der Waals surface area contributed by atoms with Crippen molar-refractivity contribution in [3.8, 4) is 11.4 Å². The number of quaternary nitrogens is 1. The molecule has 1 aliphatic heterocycles. The van der Waals surface area contributed by atoms with Gasteiger partial charge in [0.25, 0.3) is 0 Å². The van der Waals surface area contributed by atoms with E-state index in [2.05, 4.69) is 33.9 Å². The van der Waals surface area contributed by atoms with Gasteiger partial charge in [0.2, 0.25) is 0 Å². The van der Waals surface area contributed by atoms with Gasteiger partial charge in [-0.25, -0.2) is 4.98 Å². The van der Waals surface area contributed by atoms with Crippen LogP contribution in [0.25, 0.3) is 22.4 Å². The van der Waals surface area contributed by atoms with Gasteiger partial charge >= 0.3 is 6.18 Å². The first-order valence-electron chi connectivity index (χ1n) is 12.4. The Balaban J connectivity index is 1.25. The van der Waals surface area contributed by atoms with Gasteiger partial charge in [0.05, 0.1) is 42.4 Å². The number of imidazole rings is 1. The van der Waals surface area contributed by atoms with E-state index in [9.17, 15) is 13.2 Å². The number of alkyl halides is 3. The van der Waals surface area contributed by atoms with Gasteiger partial charge < -0.3 is 4.98 Å². The molecule has 0 bridgehead atoms. The topological polar surface area (TPSA) is 44.8 Å². The van der Waals surface area contributed by atoms with Crippen molar-refractivity contribution < 1.29 is 13.2 Å². The summed E-state index contributed by atoms with van der Waals surface area (Å²) < 4.78 is 40.2. The summed E-state index contributed by atoms with van der Waals surface area (Å²) in [5, 5.41) is 0. The van der Waals surface area contributed by atoms with Gasteiger partial charge in [-0.3, -0.25) is 14.4 Å². The maximum atomic E-state index is 13.2. The summed E-state index contributed by atoms with van der Waals surface area (Å²) >= 11 is 0. The van der Waals surface area contributed by atoms with Gasteiger partial charge in [-0.15, -0.1) is 0 Å². The molecule has 1 saturated heterocycles. The van der Waals surface area contributed by atoms with Crippen molar-refractivity contribution in [3.63, 3.8) is 0 Å². The van der Waals surface area contributed by atoms with E-state index in [4.69, 9.17) is 4.98 Å². The molecule has 0 saturated carbocycles. The third kappa shape index (κ3) is 5.15. The maximum absolute atomic E-state index is 13.2. The predicted octanol–water partition coefficient (Wildman–Crippen LogP) is 6.05. The molecule has 36 heavy (non-hydrogen) atoms.